The molecule has 18 nitrogen and oxygen atoms in total. The normalized spacial score (nSPS) is 37.5. The van der Waals surface area contributed by atoms with E-state index in [9.17, 15) is 10.6 Å². The Kier molecular flexibility index (Phi) is 24.9. The molecule has 20 atom stereocenters. The fourth-order valence-corrected chi connectivity index (χ4v) is 10.7. The molecule has 68 heavy (non-hydrogen) atoms. The van der Waals surface area contributed by atoms with Crippen LogP contribution < -0.4 is 0 Å². The second-order valence-electron chi connectivity index (χ2n) is 18.3. The van der Waals surface area contributed by atoms with Crippen LogP contribution in [0, 0.1) is 48.3 Å². The summed E-state index contributed by atoms with van der Waals surface area (Å²) in [6.07, 6.45) is -0.791. The Labute approximate surface area is 405 Å². The number of carbonyl (C=O) groups excluding carboxylic acids is 4. The Bertz CT molecular complexity index is 1950. The van der Waals surface area contributed by atoms with Crippen LogP contribution in [0.15, 0.2) is 69.7 Å². The van der Waals surface area contributed by atoms with E-state index in [1.807, 2.05) is 45.9 Å². The number of rotatable bonds is 13. The molecule has 4 aliphatic rings. The van der Waals surface area contributed by atoms with Gasteiger partial charge in [-0.3, -0.25) is 0 Å². The van der Waals surface area contributed by atoms with Gasteiger partial charge in [-0.25, -0.2) is 0 Å². The molecular formula is C49H72N6O12S. The molecule has 19 heteroatoms. The molecule has 1 N–H and O–H groups in total. The summed E-state index contributed by atoms with van der Waals surface area (Å²) in [6, 6.07) is 17.9. The van der Waals surface area contributed by atoms with E-state index in [0.29, 0.717) is 12.5 Å². The first-order chi connectivity index (χ1) is 32.5. The van der Waals surface area contributed by atoms with Gasteiger partial charge in [-0.1, -0.05) is 132 Å². The van der Waals surface area contributed by atoms with Crippen molar-refractivity contribution in [3.8, 4) is 0 Å². The van der Waals surface area contributed by atoms with E-state index in [4.69, 9.17) is 57.9 Å². The zero-order chi connectivity index (χ0) is 50.7. The summed E-state index contributed by atoms with van der Waals surface area (Å²) in [5.74, 6) is 0.950. The standard InChI is InChI=1S/C30H41N3O4S.C17H31N3O4.2CO2/c1-7-25-19(3)20(4)26(32-33-31)29(36-25)37-27-21(5)28(34-17-23-11-9-8-10-12-23)30(35-22(27)6)38-24-15-13-18(2)14-16-24;1-7-13-8(2)9(3)14(19-20-18)17(23-13)24-15-10(4)11(5)16(21)22-12(15)6;2*2-1-3/h8-16,19-22,25-30H,7,17H2,1-6H3;8-17,21H,7H2,1-6H3;;/t19-,20-,21-,22?,25?,26?,27-,28?,29+,30-;8-,9-,10+,11?,12?,13?,14?,15-,16-,17+;;/m00../s1. The van der Waals surface area contributed by atoms with Crippen molar-refractivity contribution in [1.29, 1.82) is 0 Å². The number of aliphatic hydroxyl groups is 1. The van der Waals surface area contributed by atoms with Crippen molar-refractivity contribution in [3.63, 3.8) is 0 Å². The van der Waals surface area contributed by atoms with Crippen LogP contribution in [0.5, 0.6) is 0 Å². The molecule has 0 aliphatic carbocycles. The molecule has 0 radical (unpaired) electrons. The predicted octanol–water partition coefficient (Wildman–Crippen LogP) is 9.82. The fourth-order valence-electron chi connectivity index (χ4n) is 9.41. The van der Waals surface area contributed by atoms with Gasteiger partial charge in [0.1, 0.15) is 5.44 Å². The van der Waals surface area contributed by atoms with Crippen molar-refractivity contribution in [1.82, 2.24) is 0 Å². The van der Waals surface area contributed by atoms with Crippen LogP contribution in [0.3, 0.4) is 0 Å². The van der Waals surface area contributed by atoms with Gasteiger partial charge >= 0.3 is 12.3 Å². The average Bonchev–Trinajstić information content (AvgIpc) is 3.31. The highest BCUT2D eigenvalue weighted by Gasteiger charge is 2.49. The number of ether oxygens (including phenoxy) is 7. The van der Waals surface area contributed by atoms with E-state index in [1.54, 1.807) is 11.8 Å². The Morgan fingerprint density at radius 3 is 1.53 bits per heavy atom. The lowest BCUT2D eigenvalue weighted by molar-refractivity contribution is -0.306. The first kappa shape index (κ1) is 58.2. The Balaban J connectivity index is 0.000000349. The third kappa shape index (κ3) is 15.7. The van der Waals surface area contributed by atoms with Crippen LogP contribution in [0.2, 0.25) is 0 Å². The molecule has 0 bridgehead atoms. The van der Waals surface area contributed by atoms with E-state index >= 15 is 0 Å². The van der Waals surface area contributed by atoms with Gasteiger partial charge in [0, 0.05) is 26.6 Å². The van der Waals surface area contributed by atoms with Crippen molar-refractivity contribution in [3.05, 3.63) is 86.6 Å². The average molecular weight is 969 g/mol. The molecule has 2 aromatic carbocycles. The van der Waals surface area contributed by atoms with Gasteiger partial charge < -0.3 is 38.3 Å². The molecule has 0 amide bonds. The maximum atomic E-state index is 9.96. The highest BCUT2D eigenvalue weighted by Crippen LogP contribution is 2.43. The van der Waals surface area contributed by atoms with E-state index in [0.717, 1.165) is 23.3 Å². The van der Waals surface area contributed by atoms with Crippen LogP contribution in [-0.2, 0) is 58.9 Å². The summed E-state index contributed by atoms with van der Waals surface area (Å²) in [5.41, 5.74) is 20.4. The number of nitrogens with zero attached hydrogens (tertiary/aromatic N) is 6. The molecule has 2 aromatic rings. The number of benzene rings is 2. The molecule has 0 aromatic heterocycles. The summed E-state index contributed by atoms with van der Waals surface area (Å²) in [7, 11) is 0. The lowest BCUT2D eigenvalue weighted by Crippen LogP contribution is -2.57. The van der Waals surface area contributed by atoms with E-state index < -0.39 is 24.9 Å². The number of azide groups is 2. The van der Waals surface area contributed by atoms with Crippen LogP contribution in [0.25, 0.3) is 20.9 Å². The van der Waals surface area contributed by atoms with Crippen LogP contribution in [-0.4, -0.2) is 96.5 Å². The van der Waals surface area contributed by atoms with Gasteiger partial charge in [-0.15, -0.1) is 0 Å². The monoisotopic (exact) mass is 968 g/mol. The van der Waals surface area contributed by atoms with E-state index in [1.165, 1.54) is 5.56 Å². The van der Waals surface area contributed by atoms with Crippen molar-refractivity contribution in [2.24, 2.45) is 51.7 Å². The minimum absolute atomic E-state index is 0.00968. The summed E-state index contributed by atoms with van der Waals surface area (Å²) in [6.45, 7) is 25.4. The predicted molar refractivity (Wildman–Crippen MR) is 251 cm³/mol. The summed E-state index contributed by atoms with van der Waals surface area (Å²) in [4.78, 5) is 39.8. The largest absolute Gasteiger partial charge is 0.373 e. The molecule has 6 rings (SSSR count). The highest BCUT2D eigenvalue weighted by atomic mass is 32.2. The number of aryl methyl sites for hydroxylation is 1. The minimum atomic E-state index is -0.780. The Hall–Kier alpha value is -4.15. The molecule has 4 saturated heterocycles. The van der Waals surface area contributed by atoms with E-state index in [-0.39, 0.29) is 102 Å². The summed E-state index contributed by atoms with van der Waals surface area (Å²) >= 11 is 1.68. The SMILES string of the molecule is CCC1O[C@H](O[C@@H]2C(C)O[C@@H](Sc3ccc(C)cc3)C(OCc3ccccc3)[C@H]2C)C(N=[N+]=[N-])[C@@H](C)[C@@H]1C.CCC1O[C@H](O[C@@H]2C(C)O[C@H](O)C(C)[C@H]2C)C(N=[N+]=[N-])[C@@H](C)[C@@H]1C.O=C=O.O=C=O. The van der Waals surface area contributed by atoms with Crippen LogP contribution in [0.4, 0.5) is 0 Å². The van der Waals surface area contributed by atoms with Gasteiger partial charge in [0.15, 0.2) is 18.9 Å². The fraction of sp³-hybridized carbons (Fsp3) is 0.714. The molecule has 0 saturated carbocycles. The number of aliphatic hydroxyl groups excluding tert-OH is 1. The highest BCUT2D eigenvalue weighted by molar-refractivity contribution is 7.99. The minimum Gasteiger partial charge on any atom is -0.370 e. The molecule has 4 aliphatic heterocycles. The summed E-state index contributed by atoms with van der Waals surface area (Å²) < 4.78 is 44.2. The molecule has 0 spiro atoms. The number of hydrogen-bond acceptors (Lipinski definition) is 15. The first-order valence-electron chi connectivity index (χ1n) is 23.5. The third-order valence-electron chi connectivity index (χ3n) is 14.1. The molecular weight excluding hydrogens is 897 g/mol. The molecule has 4 heterocycles. The van der Waals surface area contributed by atoms with Gasteiger partial charge in [-0.2, -0.15) is 19.2 Å². The van der Waals surface area contributed by atoms with Crippen molar-refractivity contribution < 1.29 is 57.4 Å². The summed E-state index contributed by atoms with van der Waals surface area (Å²) in [5, 5.41) is 18.0. The molecule has 4 fully saturated rings. The zero-order valence-electron chi connectivity index (χ0n) is 41.4. The van der Waals surface area contributed by atoms with Crippen molar-refractivity contribution in [2.45, 2.75) is 187 Å². The molecule has 376 valence electrons. The van der Waals surface area contributed by atoms with Crippen molar-refractivity contribution in [2.75, 3.05) is 0 Å². The van der Waals surface area contributed by atoms with Gasteiger partial charge in [0.2, 0.25) is 0 Å². The number of thioether (sulfide) groups is 1. The topological polar surface area (TPSA) is 251 Å². The maximum absolute atomic E-state index is 9.96. The van der Waals surface area contributed by atoms with Crippen LogP contribution in [0.1, 0.15) is 100 Å². The first-order valence-corrected chi connectivity index (χ1v) is 24.4. The second kappa shape index (κ2) is 29.1. The lowest BCUT2D eigenvalue weighted by atomic mass is 9.81. The third-order valence-corrected chi connectivity index (χ3v) is 15.3. The van der Waals surface area contributed by atoms with Gasteiger partial charge in [0.05, 0.1) is 61.4 Å². The van der Waals surface area contributed by atoms with Gasteiger partial charge in [0.25, 0.3) is 0 Å². The van der Waals surface area contributed by atoms with Crippen molar-refractivity contribution >= 4 is 24.1 Å². The van der Waals surface area contributed by atoms with Crippen LogP contribution >= 0.6 is 11.8 Å². The lowest BCUT2D eigenvalue weighted by Gasteiger charge is -2.48. The Morgan fingerprint density at radius 1 is 0.618 bits per heavy atom. The second-order valence-corrected chi connectivity index (χ2v) is 19.5. The maximum Gasteiger partial charge on any atom is 0.373 e. The Morgan fingerprint density at radius 2 is 1.07 bits per heavy atom. The molecule has 8 unspecified atom stereocenters. The zero-order valence-corrected chi connectivity index (χ0v) is 42.2. The number of hydrogen-bond donors (Lipinski definition) is 1. The smallest absolute Gasteiger partial charge is 0.370 e. The van der Waals surface area contributed by atoms with E-state index in [2.05, 4.69) is 112 Å². The quantitative estimate of drug-likeness (QED) is 0.112. The van der Waals surface area contributed by atoms with Gasteiger partial charge in [-0.05, 0) is 92.0 Å².